The molecule has 24 heavy (non-hydrogen) atoms. The van der Waals surface area contributed by atoms with Crippen molar-refractivity contribution in [2.45, 2.75) is 56.8 Å². The molecule has 1 amide bonds. The minimum absolute atomic E-state index is 0.0335. The van der Waals surface area contributed by atoms with Gasteiger partial charge in [0.2, 0.25) is 5.91 Å². The number of hydrogen-bond acceptors (Lipinski definition) is 3. The lowest BCUT2D eigenvalue weighted by Gasteiger charge is -2.56. The molecule has 1 heterocycles. The maximum absolute atomic E-state index is 13.3. The lowest BCUT2D eigenvalue weighted by atomic mass is 9.54. The third-order valence-corrected chi connectivity index (χ3v) is 6.21. The van der Waals surface area contributed by atoms with Gasteiger partial charge in [-0.25, -0.2) is 4.39 Å². The van der Waals surface area contributed by atoms with Crippen molar-refractivity contribution in [2.75, 3.05) is 6.61 Å². The average Bonchev–Trinajstić information content (AvgIpc) is 3.21. The maximum atomic E-state index is 13.3. The van der Waals surface area contributed by atoms with E-state index < -0.39 is 11.9 Å². The van der Waals surface area contributed by atoms with Crippen LogP contribution < -0.4 is 5.32 Å². The average molecular weight is 333 g/mol. The van der Waals surface area contributed by atoms with E-state index in [0.717, 1.165) is 25.9 Å². The Balaban J connectivity index is 1.40. The van der Waals surface area contributed by atoms with Gasteiger partial charge in [-0.05, 0) is 37.0 Å². The first-order valence-electron chi connectivity index (χ1n) is 8.95. The fourth-order valence-electron chi connectivity index (χ4n) is 5.14. The van der Waals surface area contributed by atoms with Crippen LogP contribution in [-0.4, -0.2) is 29.8 Å². The van der Waals surface area contributed by atoms with Crippen LogP contribution in [0.2, 0.25) is 0 Å². The van der Waals surface area contributed by atoms with Crippen LogP contribution in [0.5, 0.6) is 0 Å². The molecule has 3 aliphatic rings. The van der Waals surface area contributed by atoms with E-state index in [1.54, 1.807) is 12.1 Å². The summed E-state index contributed by atoms with van der Waals surface area (Å²) in [6.07, 6.45) is 4.93. The molecule has 1 aliphatic heterocycles. The van der Waals surface area contributed by atoms with E-state index in [1.165, 1.54) is 25.0 Å². The molecule has 130 valence electrons. The van der Waals surface area contributed by atoms with Crippen molar-refractivity contribution in [3.05, 3.63) is 35.6 Å². The zero-order chi connectivity index (χ0) is 16.7. The third kappa shape index (κ3) is 2.54. The van der Waals surface area contributed by atoms with E-state index in [4.69, 9.17) is 4.74 Å². The summed E-state index contributed by atoms with van der Waals surface area (Å²) >= 11 is 0. The van der Waals surface area contributed by atoms with Crippen LogP contribution in [0.25, 0.3) is 0 Å². The number of nitrogens with one attached hydrogen (secondary N) is 1. The fraction of sp³-hybridized carbons (Fsp3) is 0.632. The topological polar surface area (TPSA) is 58.6 Å². The summed E-state index contributed by atoms with van der Waals surface area (Å²) in [6.45, 7) is 0.787. The fourth-order valence-corrected chi connectivity index (χ4v) is 5.14. The Labute approximate surface area is 141 Å². The second-order valence-corrected chi connectivity index (χ2v) is 7.50. The number of fused-ring (bicyclic) bond motifs is 2. The molecule has 4 atom stereocenters. The van der Waals surface area contributed by atoms with Crippen molar-refractivity contribution in [2.24, 2.45) is 11.3 Å². The first-order valence-corrected chi connectivity index (χ1v) is 8.95. The molecule has 4 nitrogen and oxygen atoms in total. The zero-order valence-corrected chi connectivity index (χ0v) is 13.7. The van der Waals surface area contributed by atoms with Gasteiger partial charge >= 0.3 is 0 Å². The number of benzene rings is 1. The lowest BCUT2D eigenvalue weighted by Crippen LogP contribution is -2.68. The van der Waals surface area contributed by atoms with Crippen LogP contribution in [0.3, 0.4) is 0 Å². The smallest absolute Gasteiger partial charge is 0.223 e. The molecule has 0 bridgehead atoms. The van der Waals surface area contributed by atoms with E-state index in [0.29, 0.717) is 17.6 Å². The van der Waals surface area contributed by atoms with Gasteiger partial charge in [0.15, 0.2) is 0 Å². The Hall–Kier alpha value is -1.46. The zero-order valence-electron chi connectivity index (χ0n) is 13.7. The number of carbonyl (C=O) groups excluding carboxylic acids is 1. The van der Waals surface area contributed by atoms with Gasteiger partial charge in [-0.2, -0.15) is 0 Å². The molecule has 2 saturated carbocycles. The molecule has 1 aromatic carbocycles. The Morgan fingerprint density at radius 1 is 1.42 bits per heavy atom. The van der Waals surface area contributed by atoms with E-state index in [1.807, 2.05) is 0 Å². The molecule has 2 aliphatic carbocycles. The summed E-state index contributed by atoms with van der Waals surface area (Å²) in [5.41, 5.74) is 0.553. The van der Waals surface area contributed by atoms with Crippen LogP contribution >= 0.6 is 0 Å². The second-order valence-electron chi connectivity index (χ2n) is 7.50. The number of amides is 1. The van der Waals surface area contributed by atoms with E-state index >= 15 is 0 Å². The summed E-state index contributed by atoms with van der Waals surface area (Å²) in [5.74, 6) is -0.145. The molecule has 5 heteroatoms. The van der Waals surface area contributed by atoms with Crippen molar-refractivity contribution in [1.29, 1.82) is 0 Å². The van der Waals surface area contributed by atoms with Crippen LogP contribution in [0.15, 0.2) is 24.3 Å². The van der Waals surface area contributed by atoms with Gasteiger partial charge in [0.05, 0.1) is 18.6 Å². The number of aliphatic hydroxyl groups excluding tert-OH is 1. The summed E-state index contributed by atoms with van der Waals surface area (Å²) in [5, 5.41) is 13.4. The predicted octanol–water partition coefficient (Wildman–Crippen LogP) is 2.71. The SMILES string of the molecule is O=C(CC(O)c1cccc(F)c1)NC1C2CCOC2C12CCCC2. The molecule has 1 saturated heterocycles. The molecule has 2 N–H and O–H groups in total. The molecule has 4 rings (SSSR count). The molecule has 1 aromatic rings. The highest BCUT2D eigenvalue weighted by molar-refractivity contribution is 5.77. The Bertz CT molecular complexity index is 629. The summed E-state index contributed by atoms with van der Waals surface area (Å²) in [7, 11) is 0. The number of aliphatic hydroxyl groups is 1. The van der Waals surface area contributed by atoms with Crippen LogP contribution in [-0.2, 0) is 9.53 Å². The van der Waals surface area contributed by atoms with Gasteiger partial charge in [0.25, 0.3) is 0 Å². The molecule has 1 spiro atoms. The minimum atomic E-state index is -0.976. The standard InChI is InChI=1S/C19H24FNO3/c20-13-5-3-4-12(10-13)15(22)11-16(23)21-17-14-6-9-24-18(14)19(17)7-1-2-8-19/h3-5,10,14-15,17-18,22H,1-2,6-9,11H2,(H,21,23). The molecule has 0 radical (unpaired) electrons. The van der Waals surface area contributed by atoms with Crippen LogP contribution in [0, 0.1) is 17.2 Å². The molecule has 3 fully saturated rings. The van der Waals surface area contributed by atoms with Crippen molar-refractivity contribution >= 4 is 5.91 Å². The number of ether oxygens (including phenoxy) is 1. The molecular weight excluding hydrogens is 309 g/mol. The van der Waals surface area contributed by atoms with Gasteiger partial charge in [-0.3, -0.25) is 4.79 Å². The highest BCUT2D eigenvalue weighted by Gasteiger charge is 2.65. The maximum Gasteiger partial charge on any atom is 0.223 e. The summed E-state index contributed by atoms with van der Waals surface area (Å²) in [6, 6.07) is 5.96. The van der Waals surface area contributed by atoms with Crippen molar-refractivity contribution < 1.29 is 19.0 Å². The van der Waals surface area contributed by atoms with Crippen LogP contribution in [0.1, 0.15) is 50.2 Å². The quantitative estimate of drug-likeness (QED) is 0.891. The Kier molecular flexibility index (Phi) is 4.09. The second kappa shape index (κ2) is 6.12. The van der Waals surface area contributed by atoms with Gasteiger partial charge < -0.3 is 15.2 Å². The van der Waals surface area contributed by atoms with Crippen LogP contribution in [0.4, 0.5) is 4.39 Å². The number of halogens is 1. The monoisotopic (exact) mass is 333 g/mol. The third-order valence-electron chi connectivity index (χ3n) is 6.21. The summed E-state index contributed by atoms with van der Waals surface area (Å²) in [4.78, 5) is 12.4. The van der Waals surface area contributed by atoms with Crippen molar-refractivity contribution in [1.82, 2.24) is 5.32 Å². The first-order chi connectivity index (χ1) is 11.6. The van der Waals surface area contributed by atoms with Crippen molar-refractivity contribution in [3.63, 3.8) is 0 Å². The summed E-state index contributed by atoms with van der Waals surface area (Å²) < 4.78 is 19.2. The highest BCUT2D eigenvalue weighted by atomic mass is 19.1. The molecular formula is C19H24FNO3. The number of carbonyl (C=O) groups is 1. The molecule has 0 aromatic heterocycles. The largest absolute Gasteiger partial charge is 0.388 e. The minimum Gasteiger partial charge on any atom is -0.388 e. The van der Waals surface area contributed by atoms with Gasteiger partial charge in [0, 0.05) is 24.0 Å². The first kappa shape index (κ1) is 16.0. The normalized spacial score (nSPS) is 31.5. The predicted molar refractivity (Wildman–Crippen MR) is 86.7 cm³/mol. The number of rotatable bonds is 4. The van der Waals surface area contributed by atoms with Gasteiger partial charge in [0.1, 0.15) is 5.82 Å². The lowest BCUT2D eigenvalue weighted by molar-refractivity contribution is -0.146. The highest BCUT2D eigenvalue weighted by Crippen LogP contribution is 2.60. The Morgan fingerprint density at radius 2 is 2.21 bits per heavy atom. The van der Waals surface area contributed by atoms with E-state index in [9.17, 15) is 14.3 Å². The van der Waals surface area contributed by atoms with E-state index in [2.05, 4.69) is 5.32 Å². The number of hydrogen-bond donors (Lipinski definition) is 2. The van der Waals surface area contributed by atoms with Crippen molar-refractivity contribution in [3.8, 4) is 0 Å². The van der Waals surface area contributed by atoms with E-state index in [-0.39, 0.29) is 23.8 Å². The molecule has 4 unspecified atom stereocenters. The van der Waals surface area contributed by atoms with Gasteiger partial charge in [-0.15, -0.1) is 0 Å². The van der Waals surface area contributed by atoms with Gasteiger partial charge in [-0.1, -0.05) is 25.0 Å². The Morgan fingerprint density at radius 3 is 2.96 bits per heavy atom.